The lowest BCUT2D eigenvalue weighted by Crippen LogP contribution is -2.57. The molecule has 0 bridgehead atoms. The Balaban J connectivity index is 2.79. The molecule has 1 aromatic carbocycles. The van der Waals surface area contributed by atoms with Gasteiger partial charge in [-0.3, -0.25) is 24.0 Å². The maximum Gasteiger partial charge on any atom is 0.243 e. The van der Waals surface area contributed by atoms with E-state index >= 15 is 0 Å². The molecule has 7 N–H and O–H groups in total. The number of rotatable bonds is 14. The van der Waals surface area contributed by atoms with Crippen molar-refractivity contribution in [1.29, 1.82) is 0 Å². The number of primary amides is 1. The van der Waals surface area contributed by atoms with Crippen molar-refractivity contribution in [2.75, 3.05) is 13.1 Å². The summed E-state index contributed by atoms with van der Waals surface area (Å²) in [6.07, 6.45) is 0.0867. The zero-order chi connectivity index (χ0) is 31.6. The van der Waals surface area contributed by atoms with E-state index < -0.39 is 54.1 Å². The van der Waals surface area contributed by atoms with Crippen LogP contribution in [0.3, 0.4) is 0 Å². The molecule has 0 aliphatic heterocycles. The topological polar surface area (TPSA) is 180 Å². The molecule has 0 aliphatic rings. The van der Waals surface area contributed by atoms with Gasteiger partial charge in [0.25, 0.3) is 0 Å². The standard InChI is InChI=1S/C29H49N5O6Si/c1-19(2)25(34-24(37)18-41(40,28(3,4)5)29(6,7)8)27(39)31-15-14-23(36)33-21(26(38)32-17-22(30)35)16-20-12-10-9-11-13-20/h9-13,19,21,25,40H,14-18H2,1-8H3,(H2,30,35)(H,31,39)(H,32,38)(H,33,36)(H,34,37)/t21-,25-/m0/s1. The van der Waals surface area contributed by atoms with E-state index in [4.69, 9.17) is 5.73 Å². The van der Waals surface area contributed by atoms with E-state index in [1.165, 1.54) is 0 Å². The summed E-state index contributed by atoms with van der Waals surface area (Å²) in [7, 11) is -3.11. The Morgan fingerprint density at radius 2 is 1.41 bits per heavy atom. The fourth-order valence-electron chi connectivity index (χ4n) is 4.68. The van der Waals surface area contributed by atoms with Crippen LogP contribution in [0.15, 0.2) is 30.3 Å². The van der Waals surface area contributed by atoms with Crippen molar-refractivity contribution < 1.29 is 28.8 Å². The van der Waals surface area contributed by atoms with Gasteiger partial charge in [0, 0.05) is 25.4 Å². The molecule has 41 heavy (non-hydrogen) atoms. The number of nitrogens with one attached hydrogen (secondary N) is 4. The van der Waals surface area contributed by atoms with Crippen molar-refractivity contribution in [1.82, 2.24) is 21.3 Å². The summed E-state index contributed by atoms with van der Waals surface area (Å²) < 4.78 is 0. The third kappa shape index (κ3) is 11.3. The second-order valence-electron chi connectivity index (χ2n) is 12.9. The first-order chi connectivity index (χ1) is 18.8. The predicted molar refractivity (Wildman–Crippen MR) is 161 cm³/mol. The first-order valence-corrected chi connectivity index (χ1v) is 16.1. The van der Waals surface area contributed by atoms with E-state index in [2.05, 4.69) is 21.3 Å². The van der Waals surface area contributed by atoms with Crippen molar-refractivity contribution in [2.45, 2.75) is 96.4 Å². The molecule has 5 amide bonds. The van der Waals surface area contributed by atoms with Crippen molar-refractivity contribution in [3.63, 3.8) is 0 Å². The van der Waals surface area contributed by atoms with E-state index in [0.29, 0.717) is 0 Å². The van der Waals surface area contributed by atoms with Crippen LogP contribution in [0, 0.1) is 5.92 Å². The molecule has 0 spiro atoms. The number of benzene rings is 1. The molecule has 2 atom stereocenters. The number of hydrogen-bond donors (Lipinski definition) is 6. The summed E-state index contributed by atoms with van der Waals surface area (Å²) in [5.74, 6) is -2.81. The maximum absolute atomic E-state index is 13.0. The molecule has 1 rings (SSSR count). The Kier molecular flexibility index (Phi) is 13.2. The van der Waals surface area contributed by atoms with Crippen molar-refractivity contribution >= 4 is 37.9 Å². The molecular weight excluding hydrogens is 542 g/mol. The van der Waals surface area contributed by atoms with E-state index in [0.717, 1.165) is 5.56 Å². The highest BCUT2D eigenvalue weighted by molar-refractivity contribution is 6.80. The van der Waals surface area contributed by atoms with Crippen LogP contribution in [0.4, 0.5) is 0 Å². The minimum absolute atomic E-state index is 0.0204. The Morgan fingerprint density at radius 3 is 1.90 bits per heavy atom. The van der Waals surface area contributed by atoms with Crippen LogP contribution in [0.25, 0.3) is 0 Å². The normalized spacial score (nSPS) is 13.6. The lowest BCUT2D eigenvalue weighted by atomic mass is 10.0. The minimum atomic E-state index is -3.11. The van der Waals surface area contributed by atoms with Crippen LogP contribution in [0.2, 0.25) is 16.1 Å². The van der Waals surface area contributed by atoms with Crippen LogP contribution in [0.5, 0.6) is 0 Å². The predicted octanol–water partition coefficient (Wildman–Crippen LogP) is 1.50. The first kappa shape index (κ1) is 35.8. The van der Waals surface area contributed by atoms with Gasteiger partial charge in [-0.15, -0.1) is 0 Å². The Morgan fingerprint density at radius 1 is 0.854 bits per heavy atom. The van der Waals surface area contributed by atoms with Gasteiger partial charge in [-0.05, 0) is 21.6 Å². The van der Waals surface area contributed by atoms with Crippen LogP contribution in [-0.4, -0.2) is 67.8 Å². The Hall–Kier alpha value is -3.25. The van der Waals surface area contributed by atoms with Crippen LogP contribution in [0.1, 0.15) is 67.4 Å². The molecule has 12 heteroatoms. The van der Waals surface area contributed by atoms with E-state index in [9.17, 15) is 28.8 Å². The molecule has 0 fully saturated rings. The molecule has 0 aromatic heterocycles. The number of carbonyl (C=O) groups is 5. The Labute approximate surface area is 244 Å². The molecule has 0 unspecified atom stereocenters. The molecule has 0 heterocycles. The second-order valence-corrected chi connectivity index (χ2v) is 17.9. The SMILES string of the molecule is CC(C)[C@H](NC(=O)C[Si](O)(C(C)(C)C)C(C)(C)C)C(=O)NCCC(=O)N[C@@H](Cc1ccccc1)C(=O)NCC(N)=O. The summed E-state index contributed by atoms with van der Waals surface area (Å²) in [5.41, 5.74) is 5.92. The third-order valence-electron chi connectivity index (χ3n) is 7.19. The fourth-order valence-corrected chi connectivity index (χ4v) is 8.56. The summed E-state index contributed by atoms with van der Waals surface area (Å²) in [4.78, 5) is 73.9. The zero-order valence-corrected chi connectivity index (χ0v) is 26.7. The summed E-state index contributed by atoms with van der Waals surface area (Å²) in [6.45, 7) is 14.8. The number of hydrogen-bond acceptors (Lipinski definition) is 6. The van der Waals surface area contributed by atoms with Gasteiger partial charge >= 0.3 is 0 Å². The van der Waals surface area contributed by atoms with Gasteiger partial charge in [0.1, 0.15) is 12.1 Å². The molecule has 0 radical (unpaired) electrons. The molecule has 0 saturated heterocycles. The van der Waals surface area contributed by atoms with Crippen LogP contribution >= 0.6 is 0 Å². The minimum Gasteiger partial charge on any atom is -0.430 e. The van der Waals surface area contributed by atoms with E-state index in [1.807, 2.05) is 71.9 Å². The first-order valence-electron chi connectivity index (χ1n) is 14.0. The summed E-state index contributed by atoms with van der Waals surface area (Å²) >= 11 is 0. The molecular formula is C29H49N5O6Si. The van der Waals surface area contributed by atoms with Gasteiger partial charge in [0.2, 0.25) is 37.9 Å². The van der Waals surface area contributed by atoms with Crippen LogP contribution in [-0.2, 0) is 30.4 Å². The largest absolute Gasteiger partial charge is 0.430 e. The quantitative estimate of drug-likeness (QED) is 0.178. The average molecular weight is 592 g/mol. The van der Waals surface area contributed by atoms with Crippen molar-refractivity contribution in [2.24, 2.45) is 11.7 Å². The summed E-state index contributed by atoms with van der Waals surface area (Å²) in [5, 5.41) is 9.62. The van der Waals surface area contributed by atoms with Gasteiger partial charge in [-0.1, -0.05) is 85.7 Å². The molecule has 0 aliphatic carbocycles. The number of amides is 5. The van der Waals surface area contributed by atoms with Crippen LogP contribution < -0.4 is 27.0 Å². The second kappa shape index (κ2) is 15.1. The smallest absolute Gasteiger partial charge is 0.243 e. The fraction of sp³-hybridized carbons (Fsp3) is 0.621. The van der Waals surface area contributed by atoms with Gasteiger partial charge in [0.05, 0.1) is 6.54 Å². The van der Waals surface area contributed by atoms with Crippen molar-refractivity contribution in [3.8, 4) is 0 Å². The van der Waals surface area contributed by atoms with Gasteiger partial charge < -0.3 is 31.8 Å². The monoisotopic (exact) mass is 591 g/mol. The highest BCUT2D eigenvalue weighted by atomic mass is 28.4. The highest BCUT2D eigenvalue weighted by Gasteiger charge is 2.53. The third-order valence-corrected chi connectivity index (χ3v) is 13.0. The molecule has 1 aromatic rings. The zero-order valence-electron chi connectivity index (χ0n) is 25.7. The van der Waals surface area contributed by atoms with Gasteiger partial charge in [-0.2, -0.15) is 0 Å². The molecule has 11 nitrogen and oxygen atoms in total. The number of carbonyl (C=O) groups excluding carboxylic acids is 5. The Bertz CT molecular complexity index is 1050. The van der Waals surface area contributed by atoms with E-state index in [1.54, 1.807) is 13.8 Å². The summed E-state index contributed by atoms with van der Waals surface area (Å²) in [6, 6.07) is 7.23. The molecule has 230 valence electrons. The lowest BCUT2D eigenvalue weighted by Gasteiger charge is -2.46. The highest BCUT2D eigenvalue weighted by Crippen LogP contribution is 2.51. The number of nitrogens with two attached hydrogens (primary N) is 1. The average Bonchev–Trinajstić information content (AvgIpc) is 2.84. The van der Waals surface area contributed by atoms with Gasteiger partial charge in [0.15, 0.2) is 0 Å². The van der Waals surface area contributed by atoms with Crippen molar-refractivity contribution in [3.05, 3.63) is 35.9 Å². The lowest BCUT2D eigenvalue weighted by molar-refractivity contribution is -0.130. The van der Waals surface area contributed by atoms with E-state index in [-0.39, 0.29) is 43.8 Å². The molecule has 0 saturated carbocycles. The maximum atomic E-state index is 13.0. The van der Waals surface area contributed by atoms with Gasteiger partial charge in [-0.25, -0.2) is 0 Å².